The standard InChI is InChI=1S/C16H14F2N4O2/c17-10-8-11(18)15(12(23)9-10)16(24)19-6-3-5-14-21-20-13-4-1-2-7-22(13)14/h1-2,4,7-9,23H,3,5-6H2,(H,19,24). The van der Waals surface area contributed by atoms with E-state index in [-0.39, 0.29) is 6.54 Å². The number of carbonyl (C=O) groups excluding carboxylic acids is 1. The van der Waals surface area contributed by atoms with Crippen molar-refractivity contribution in [1.82, 2.24) is 19.9 Å². The van der Waals surface area contributed by atoms with E-state index in [1.54, 1.807) is 0 Å². The van der Waals surface area contributed by atoms with Gasteiger partial charge in [0.25, 0.3) is 5.91 Å². The molecule has 3 aromatic rings. The number of phenols is 1. The largest absolute Gasteiger partial charge is 0.507 e. The number of carbonyl (C=O) groups is 1. The van der Waals surface area contributed by atoms with E-state index in [1.807, 2.05) is 28.8 Å². The van der Waals surface area contributed by atoms with E-state index < -0.39 is 28.9 Å². The van der Waals surface area contributed by atoms with Gasteiger partial charge in [-0.05, 0) is 18.6 Å². The average molecular weight is 332 g/mol. The zero-order valence-corrected chi connectivity index (χ0v) is 12.5. The Morgan fingerprint density at radius 1 is 1.25 bits per heavy atom. The fourth-order valence-electron chi connectivity index (χ4n) is 2.38. The van der Waals surface area contributed by atoms with Crippen LogP contribution < -0.4 is 5.32 Å². The number of benzene rings is 1. The van der Waals surface area contributed by atoms with Crippen LogP contribution in [0, 0.1) is 11.6 Å². The molecule has 0 aliphatic rings. The Labute approximate surface area is 135 Å². The summed E-state index contributed by atoms with van der Waals surface area (Å²) in [5.74, 6) is -2.83. The number of nitrogens with zero attached hydrogens (tertiary/aromatic N) is 3. The molecule has 0 aliphatic carbocycles. The third-order valence-electron chi connectivity index (χ3n) is 3.51. The number of pyridine rings is 1. The van der Waals surface area contributed by atoms with Gasteiger partial charge in [-0.3, -0.25) is 9.20 Å². The van der Waals surface area contributed by atoms with Crippen LogP contribution in [0.4, 0.5) is 8.78 Å². The van der Waals surface area contributed by atoms with Crippen molar-refractivity contribution < 1.29 is 18.7 Å². The molecule has 2 aromatic heterocycles. The maximum absolute atomic E-state index is 13.6. The average Bonchev–Trinajstić information content (AvgIpc) is 2.94. The topological polar surface area (TPSA) is 79.5 Å². The minimum absolute atomic E-state index is 0.247. The molecule has 6 nitrogen and oxygen atoms in total. The Morgan fingerprint density at radius 2 is 2.08 bits per heavy atom. The molecular weight excluding hydrogens is 318 g/mol. The number of fused-ring (bicyclic) bond motifs is 1. The quantitative estimate of drug-likeness (QED) is 0.701. The summed E-state index contributed by atoms with van der Waals surface area (Å²) in [5.41, 5.74) is 0.166. The zero-order chi connectivity index (χ0) is 17.1. The zero-order valence-electron chi connectivity index (χ0n) is 12.5. The third-order valence-corrected chi connectivity index (χ3v) is 3.51. The number of aromatic hydroxyl groups is 1. The van der Waals surface area contributed by atoms with E-state index in [1.165, 1.54) is 0 Å². The van der Waals surface area contributed by atoms with Gasteiger partial charge in [-0.2, -0.15) is 0 Å². The van der Waals surface area contributed by atoms with E-state index in [0.717, 1.165) is 11.5 Å². The first-order chi connectivity index (χ1) is 11.6. The molecule has 124 valence electrons. The van der Waals surface area contributed by atoms with Crippen molar-refractivity contribution in [2.75, 3.05) is 6.54 Å². The van der Waals surface area contributed by atoms with Crippen LogP contribution >= 0.6 is 0 Å². The molecule has 0 spiro atoms. The van der Waals surface area contributed by atoms with Gasteiger partial charge in [-0.25, -0.2) is 8.78 Å². The molecule has 0 saturated carbocycles. The first kappa shape index (κ1) is 15.9. The Morgan fingerprint density at radius 3 is 2.88 bits per heavy atom. The number of aryl methyl sites for hydroxylation is 1. The van der Waals surface area contributed by atoms with Crippen molar-refractivity contribution in [2.45, 2.75) is 12.8 Å². The smallest absolute Gasteiger partial charge is 0.258 e. The van der Waals surface area contributed by atoms with Gasteiger partial charge < -0.3 is 10.4 Å². The monoisotopic (exact) mass is 332 g/mol. The first-order valence-electron chi connectivity index (χ1n) is 7.31. The molecule has 0 unspecified atom stereocenters. The minimum Gasteiger partial charge on any atom is -0.507 e. The van der Waals surface area contributed by atoms with Gasteiger partial charge in [0, 0.05) is 31.3 Å². The van der Waals surface area contributed by atoms with Crippen LogP contribution in [0.3, 0.4) is 0 Å². The van der Waals surface area contributed by atoms with E-state index in [2.05, 4.69) is 15.5 Å². The maximum Gasteiger partial charge on any atom is 0.258 e. The van der Waals surface area contributed by atoms with E-state index in [4.69, 9.17) is 0 Å². The van der Waals surface area contributed by atoms with Gasteiger partial charge in [0.15, 0.2) is 5.65 Å². The van der Waals surface area contributed by atoms with E-state index in [9.17, 15) is 18.7 Å². The van der Waals surface area contributed by atoms with Crippen molar-refractivity contribution in [2.24, 2.45) is 0 Å². The number of hydrogen-bond acceptors (Lipinski definition) is 4. The van der Waals surface area contributed by atoms with Crippen LogP contribution in [0.5, 0.6) is 5.75 Å². The second-order valence-corrected chi connectivity index (χ2v) is 5.19. The van der Waals surface area contributed by atoms with Gasteiger partial charge in [0.05, 0.1) is 0 Å². The van der Waals surface area contributed by atoms with Crippen LogP contribution in [0.1, 0.15) is 22.6 Å². The molecule has 0 aliphatic heterocycles. The van der Waals surface area contributed by atoms with Crippen molar-refractivity contribution in [1.29, 1.82) is 0 Å². The second-order valence-electron chi connectivity index (χ2n) is 5.19. The van der Waals surface area contributed by atoms with E-state index >= 15 is 0 Å². The molecule has 0 radical (unpaired) electrons. The van der Waals surface area contributed by atoms with Crippen LogP contribution in [0.2, 0.25) is 0 Å². The minimum atomic E-state index is -1.10. The van der Waals surface area contributed by atoms with Crippen molar-refractivity contribution >= 4 is 11.6 Å². The molecule has 3 rings (SSSR count). The summed E-state index contributed by atoms with van der Waals surface area (Å²) in [7, 11) is 0. The third kappa shape index (κ3) is 3.17. The molecule has 0 bridgehead atoms. The predicted molar refractivity (Wildman–Crippen MR) is 81.7 cm³/mol. The molecule has 2 N–H and O–H groups in total. The van der Waals surface area contributed by atoms with Crippen molar-refractivity contribution in [3.8, 4) is 5.75 Å². The highest BCUT2D eigenvalue weighted by atomic mass is 19.1. The number of halogens is 2. The summed E-state index contributed by atoms with van der Waals surface area (Å²) in [4.78, 5) is 11.9. The lowest BCUT2D eigenvalue weighted by atomic mass is 10.1. The maximum atomic E-state index is 13.6. The molecular formula is C16H14F2N4O2. The van der Waals surface area contributed by atoms with Crippen LogP contribution in [-0.4, -0.2) is 32.2 Å². The second kappa shape index (κ2) is 6.61. The van der Waals surface area contributed by atoms with Crippen LogP contribution in [0.25, 0.3) is 5.65 Å². The van der Waals surface area contributed by atoms with Crippen LogP contribution in [0.15, 0.2) is 36.5 Å². The number of phenolic OH excluding ortho intramolecular Hbond substituents is 1. The molecule has 8 heteroatoms. The Hall–Kier alpha value is -3.03. The summed E-state index contributed by atoms with van der Waals surface area (Å²) >= 11 is 0. The lowest BCUT2D eigenvalue weighted by Gasteiger charge is -2.08. The van der Waals surface area contributed by atoms with Crippen molar-refractivity contribution in [3.05, 3.63) is 59.6 Å². The highest BCUT2D eigenvalue weighted by Gasteiger charge is 2.18. The molecule has 0 atom stereocenters. The Bertz CT molecular complexity index is 872. The number of nitrogens with one attached hydrogen (secondary N) is 1. The molecule has 1 aromatic carbocycles. The van der Waals surface area contributed by atoms with E-state index in [0.29, 0.717) is 25.0 Å². The Balaban J connectivity index is 1.58. The highest BCUT2D eigenvalue weighted by Crippen LogP contribution is 2.21. The lowest BCUT2D eigenvalue weighted by molar-refractivity contribution is 0.0946. The van der Waals surface area contributed by atoms with Gasteiger partial charge in [-0.1, -0.05) is 6.07 Å². The molecule has 24 heavy (non-hydrogen) atoms. The fourth-order valence-corrected chi connectivity index (χ4v) is 2.38. The van der Waals surface area contributed by atoms with Crippen molar-refractivity contribution in [3.63, 3.8) is 0 Å². The summed E-state index contributed by atoms with van der Waals surface area (Å²) in [5, 5.41) is 20.1. The summed E-state index contributed by atoms with van der Waals surface area (Å²) in [6.07, 6.45) is 2.95. The summed E-state index contributed by atoms with van der Waals surface area (Å²) < 4.78 is 28.3. The Kier molecular flexibility index (Phi) is 4.37. The number of rotatable bonds is 5. The van der Waals surface area contributed by atoms with Crippen LogP contribution in [-0.2, 0) is 6.42 Å². The van der Waals surface area contributed by atoms with Gasteiger partial charge in [-0.15, -0.1) is 10.2 Å². The lowest BCUT2D eigenvalue weighted by Crippen LogP contribution is -2.26. The van der Waals surface area contributed by atoms with Gasteiger partial charge in [0.1, 0.15) is 28.8 Å². The fraction of sp³-hybridized carbons (Fsp3) is 0.188. The first-order valence-corrected chi connectivity index (χ1v) is 7.31. The molecule has 1 amide bonds. The SMILES string of the molecule is O=C(NCCCc1nnc2ccccn12)c1c(O)cc(F)cc1F. The van der Waals surface area contributed by atoms with Gasteiger partial charge >= 0.3 is 0 Å². The molecule has 0 saturated heterocycles. The molecule has 2 heterocycles. The molecule has 0 fully saturated rings. The summed E-state index contributed by atoms with van der Waals surface area (Å²) in [6.45, 7) is 0.247. The predicted octanol–water partition coefficient (Wildman–Crippen LogP) is 2.08. The highest BCUT2D eigenvalue weighted by molar-refractivity contribution is 5.97. The summed E-state index contributed by atoms with van der Waals surface area (Å²) in [6, 6.07) is 6.80. The number of aromatic nitrogens is 3. The normalized spacial score (nSPS) is 10.9. The number of hydrogen-bond donors (Lipinski definition) is 2. The van der Waals surface area contributed by atoms with Gasteiger partial charge in [0.2, 0.25) is 0 Å². The number of amides is 1.